The van der Waals surface area contributed by atoms with Crippen molar-refractivity contribution in [3.8, 4) is 0 Å². The Bertz CT molecular complexity index is 348. The van der Waals surface area contributed by atoms with Crippen LogP contribution in [0.15, 0.2) is 18.5 Å². The molecule has 2 rings (SSSR count). The summed E-state index contributed by atoms with van der Waals surface area (Å²) in [7, 11) is 0. The topological polar surface area (TPSA) is 24.9 Å². The van der Waals surface area contributed by atoms with Crippen LogP contribution in [0.2, 0.25) is 0 Å². The first-order chi connectivity index (χ1) is 8.31. The van der Waals surface area contributed by atoms with Crippen LogP contribution >= 0.6 is 11.8 Å². The summed E-state index contributed by atoms with van der Waals surface area (Å²) in [6.45, 7) is 5.33. The summed E-state index contributed by atoms with van der Waals surface area (Å²) in [4.78, 5) is 4.33. The number of hydrogen-bond donors (Lipinski definition) is 1. The molecule has 0 radical (unpaired) electrons. The molecule has 2 nitrogen and oxygen atoms in total. The van der Waals surface area contributed by atoms with E-state index in [0.29, 0.717) is 11.3 Å². The van der Waals surface area contributed by atoms with Crippen LogP contribution in [-0.2, 0) is 0 Å². The maximum Gasteiger partial charge on any atom is 0.0455 e. The predicted molar refractivity (Wildman–Crippen MR) is 75.5 cm³/mol. The fraction of sp³-hybridized carbons (Fsp3) is 0.643. The molecule has 0 aliphatic carbocycles. The first-order valence-corrected chi connectivity index (χ1v) is 7.62. The van der Waals surface area contributed by atoms with Crippen LogP contribution in [0.1, 0.15) is 43.4 Å². The van der Waals surface area contributed by atoms with E-state index in [9.17, 15) is 0 Å². The zero-order chi connectivity index (χ0) is 12.1. The zero-order valence-electron chi connectivity index (χ0n) is 10.8. The first kappa shape index (κ1) is 12.9. The van der Waals surface area contributed by atoms with Gasteiger partial charge >= 0.3 is 0 Å². The van der Waals surface area contributed by atoms with Gasteiger partial charge in [-0.3, -0.25) is 4.98 Å². The Kier molecular flexibility index (Phi) is 4.86. The number of aromatic nitrogens is 1. The second-order valence-corrected chi connectivity index (χ2v) is 6.08. The van der Waals surface area contributed by atoms with Gasteiger partial charge in [0.2, 0.25) is 0 Å². The molecule has 0 spiro atoms. The van der Waals surface area contributed by atoms with Crippen molar-refractivity contribution in [1.82, 2.24) is 10.3 Å². The van der Waals surface area contributed by atoms with Crippen molar-refractivity contribution >= 4 is 11.8 Å². The molecule has 0 amide bonds. The highest BCUT2D eigenvalue weighted by atomic mass is 32.2. The van der Waals surface area contributed by atoms with Gasteiger partial charge < -0.3 is 5.32 Å². The standard InChI is InChI=1S/C14H22N2S/c1-3-16-14(13-6-4-5-7-17-13)12-8-11(2)9-15-10-12/h8-10,13-14,16H,3-7H2,1-2H3. The highest BCUT2D eigenvalue weighted by Crippen LogP contribution is 2.34. The van der Waals surface area contributed by atoms with Gasteiger partial charge in [0.25, 0.3) is 0 Å². The summed E-state index contributed by atoms with van der Waals surface area (Å²) < 4.78 is 0. The summed E-state index contributed by atoms with van der Waals surface area (Å²) in [6, 6.07) is 2.74. The van der Waals surface area contributed by atoms with Gasteiger partial charge in [-0.25, -0.2) is 0 Å². The molecule has 2 atom stereocenters. The van der Waals surface area contributed by atoms with E-state index in [1.807, 2.05) is 12.4 Å². The normalized spacial score (nSPS) is 22.4. The fourth-order valence-corrected chi connectivity index (χ4v) is 3.91. The molecule has 0 aromatic carbocycles. The number of hydrogen-bond acceptors (Lipinski definition) is 3. The first-order valence-electron chi connectivity index (χ1n) is 6.58. The molecule has 2 unspecified atom stereocenters. The minimum absolute atomic E-state index is 0.470. The van der Waals surface area contributed by atoms with Crippen LogP contribution in [-0.4, -0.2) is 22.5 Å². The van der Waals surface area contributed by atoms with E-state index >= 15 is 0 Å². The van der Waals surface area contributed by atoms with E-state index in [4.69, 9.17) is 0 Å². The van der Waals surface area contributed by atoms with Gasteiger partial charge in [-0.2, -0.15) is 11.8 Å². The van der Waals surface area contributed by atoms with Crippen LogP contribution in [0.4, 0.5) is 0 Å². The molecule has 17 heavy (non-hydrogen) atoms. The molecule has 94 valence electrons. The quantitative estimate of drug-likeness (QED) is 0.887. The maximum absolute atomic E-state index is 4.33. The molecule has 0 saturated carbocycles. The predicted octanol–water partition coefficient (Wildman–Crippen LogP) is 3.33. The number of rotatable bonds is 4. The monoisotopic (exact) mass is 250 g/mol. The molecular formula is C14H22N2S. The van der Waals surface area contributed by atoms with Crippen molar-refractivity contribution in [2.75, 3.05) is 12.3 Å². The minimum Gasteiger partial charge on any atom is -0.309 e. The lowest BCUT2D eigenvalue weighted by atomic mass is 10.00. The van der Waals surface area contributed by atoms with Gasteiger partial charge in [0.1, 0.15) is 0 Å². The highest BCUT2D eigenvalue weighted by molar-refractivity contribution is 8.00. The minimum atomic E-state index is 0.470. The molecule has 1 N–H and O–H groups in total. The second-order valence-electron chi connectivity index (χ2n) is 4.74. The smallest absolute Gasteiger partial charge is 0.0455 e. The van der Waals surface area contributed by atoms with Crippen LogP contribution in [0.5, 0.6) is 0 Å². The third kappa shape index (κ3) is 3.46. The number of nitrogens with zero attached hydrogens (tertiary/aromatic N) is 1. The van der Waals surface area contributed by atoms with E-state index in [1.54, 1.807) is 0 Å². The zero-order valence-corrected chi connectivity index (χ0v) is 11.6. The molecule has 0 bridgehead atoms. The van der Waals surface area contributed by atoms with Crippen molar-refractivity contribution in [3.63, 3.8) is 0 Å². The van der Waals surface area contributed by atoms with Crippen molar-refractivity contribution in [2.45, 2.75) is 44.4 Å². The average Bonchev–Trinajstić information content (AvgIpc) is 2.37. The molecule has 1 aromatic rings. The van der Waals surface area contributed by atoms with Crippen molar-refractivity contribution in [1.29, 1.82) is 0 Å². The van der Waals surface area contributed by atoms with E-state index in [0.717, 1.165) is 6.54 Å². The molecule has 1 fully saturated rings. The van der Waals surface area contributed by atoms with Gasteiger partial charge in [-0.15, -0.1) is 0 Å². The van der Waals surface area contributed by atoms with Crippen LogP contribution in [0.3, 0.4) is 0 Å². The summed E-state index contributed by atoms with van der Waals surface area (Å²) in [5, 5.41) is 4.35. The SMILES string of the molecule is CCNC(c1cncc(C)c1)C1CCCCS1. The van der Waals surface area contributed by atoms with Crippen molar-refractivity contribution in [3.05, 3.63) is 29.6 Å². The van der Waals surface area contributed by atoms with Gasteiger partial charge in [0, 0.05) is 23.7 Å². The Morgan fingerprint density at radius 3 is 3.00 bits per heavy atom. The molecule has 3 heteroatoms. The fourth-order valence-electron chi connectivity index (χ4n) is 2.46. The van der Waals surface area contributed by atoms with Crippen LogP contribution in [0, 0.1) is 6.92 Å². The lowest BCUT2D eigenvalue weighted by molar-refractivity contribution is 0.490. The Morgan fingerprint density at radius 2 is 2.35 bits per heavy atom. The molecule has 1 aromatic heterocycles. The summed E-state index contributed by atoms with van der Waals surface area (Å²) >= 11 is 2.12. The largest absolute Gasteiger partial charge is 0.309 e. The Hall–Kier alpha value is -0.540. The molecular weight excluding hydrogens is 228 g/mol. The van der Waals surface area contributed by atoms with Gasteiger partial charge in [0.15, 0.2) is 0 Å². The van der Waals surface area contributed by atoms with E-state index in [-0.39, 0.29) is 0 Å². The lowest BCUT2D eigenvalue weighted by Crippen LogP contribution is -2.31. The summed E-state index contributed by atoms with van der Waals surface area (Å²) in [5.41, 5.74) is 2.61. The van der Waals surface area contributed by atoms with Crippen molar-refractivity contribution < 1.29 is 0 Å². The van der Waals surface area contributed by atoms with Crippen molar-refractivity contribution in [2.24, 2.45) is 0 Å². The number of thioether (sulfide) groups is 1. The highest BCUT2D eigenvalue weighted by Gasteiger charge is 2.25. The van der Waals surface area contributed by atoms with Crippen LogP contribution in [0.25, 0.3) is 0 Å². The number of pyridine rings is 1. The number of nitrogens with one attached hydrogen (secondary N) is 1. The summed E-state index contributed by atoms with van der Waals surface area (Å²) in [5.74, 6) is 1.31. The Balaban J connectivity index is 2.15. The molecule has 1 saturated heterocycles. The molecule has 2 heterocycles. The average molecular weight is 250 g/mol. The van der Waals surface area contributed by atoms with E-state index in [1.165, 1.54) is 36.1 Å². The molecule has 1 aliphatic rings. The third-order valence-electron chi connectivity index (χ3n) is 3.27. The van der Waals surface area contributed by atoms with Crippen LogP contribution < -0.4 is 5.32 Å². The molecule has 1 aliphatic heterocycles. The third-order valence-corrected chi connectivity index (χ3v) is 4.73. The number of aryl methyl sites for hydroxylation is 1. The van der Waals surface area contributed by atoms with Gasteiger partial charge in [-0.05, 0) is 43.2 Å². The Morgan fingerprint density at radius 1 is 1.47 bits per heavy atom. The lowest BCUT2D eigenvalue weighted by Gasteiger charge is -2.30. The maximum atomic E-state index is 4.33. The Labute approximate surface area is 109 Å². The van der Waals surface area contributed by atoms with E-state index < -0.39 is 0 Å². The summed E-state index contributed by atoms with van der Waals surface area (Å²) in [6.07, 6.45) is 8.04. The second kappa shape index (κ2) is 6.41. The van der Waals surface area contributed by atoms with Gasteiger partial charge in [-0.1, -0.05) is 19.4 Å². The van der Waals surface area contributed by atoms with E-state index in [2.05, 4.69) is 42.0 Å². The van der Waals surface area contributed by atoms with Gasteiger partial charge in [0.05, 0.1) is 0 Å².